The largest absolute Gasteiger partial charge is 0.492 e. The minimum atomic E-state index is -3.65. The maximum absolute atomic E-state index is 12.2. The number of non-ortho nitro benzene ring substituents is 1. The number of anilines is 1. The second-order valence-corrected chi connectivity index (χ2v) is 8.57. The number of aromatic nitrogens is 1. The van der Waals surface area contributed by atoms with E-state index in [4.69, 9.17) is 4.74 Å². The minimum Gasteiger partial charge on any atom is -0.492 e. The average Bonchev–Trinajstić information content (AvgIpc) is 3.02. The lowest BCUT2D eigenvalue weighted by atomic mass is 10.2. The van der Waals surface area contributed by atoms with Crippen LogP contribution in [0.2, 0.25) is 0 Å². The van der Waals surface area contributed by atoms with Gasteiger partial charge in [0.1, 0.15) is 18.1 Å². The molecule has 0 amide bonds. The summed E-state index contributed by atoms with van der Waals surface area (Å²) in [6.45, 7) is 2.05. The molecule has 8 nitrogen and oxygen atoms in total. The van der Waals surface area contributed by atoms with Crippen molar-refractivity contribution in [3.05, 3.63) is 58.1 Å². The lowest BCUT2D eigenvalue weighted by molar-refractivity contribution is -0.384. The van der Waals surface area contributed by atoms with Gasteiger partial charge in [0.15, 0.2) is 5.13 Å². The van der Waals surface area contributed by atoms with E-state index in [2.05, 4.69) is 9.71 Å². The van der Waals surface area contributed by atoms with Crippen LogP contribution in [0.25, 0.3) is 10.2 Å². The highest BCUT2D eigenvalue weighted by molar-refractivity contribution is 7.92. The fourth-order valence-electron chi connectivity index (χ4n) is 2.35. The van der Waals surface area contributed by atoms with E-state index in [1.165, 1.54) is 23.8 Å². The molecule has 0 atom stereocenters. The Morgan fingerprint density at radius 1 is 1.22 bits per heavy atom. The Kier molecular flexibility index (Phi) is 5.57. The zero-order chi connectivity index (χ0) is 19.4. The topological polar surface area (TPSA) is 111 Å². The predicted molar refractivity (Wildman–Crippen MR) is 105 cm³/mol. The van der Waals surface area contributed by atoms with Crippen molar-refractivity contribution in [1.29, 1.82) is 0 Å². The molecule has 1 aromatic heterocycles. The molecular weight excluding hydrogens is 390 g/mol. The number of nitro groups is 1. The highest BCUT2D eigenvalue weighted by Crippen LogP contribution is 2.29. The number of aryl methyl sites for hydroxylation is 1. The molecule has 3 aromatic rings. The first-order chi connectivity index (χ1) is 12.9. The summed E-state index contributed by atoms with van der Waals surface area (Å²) >= 11 is 1.04. The van der Waals surface area contributed by atoms with Gasteiger partial charge in [0.25, 0.3) is 5.69 Å². The van der Waals surface area contributed by atoms with Crippen molar-refractivity contribution in [2.75, 3.05) is 17.1 Å². The predicted octanol–water partition coefficient (Wildman–Crippen LogP) is 3.59. The Bertz CT molecular complexity index is 1060. The number of benzene rings is 2. The second kappa shape index (κ2) is 7.89. The second-order valence-electron chi connectivity index (χ2n) is 5.70. The van der Waals surface area contributed by atoms with Crippen LogP contribution in [0.3, 0.4) is 0 Å². The molecule has 0 spiro atoms. The summed E-state index contributed by atoms with van der Waals surface area (Å²) in [6, 6.07) is 11.7. The zero-order valence-electron chi connectivity index (χ0n) is 14.4. The SMILES string of the molecule is CCc1ccc(OCCS(=O)(=O)Nc2nc3ccc([N+](=O)[O-])cc3s2)cc1. The van der Waals surface area contributed by atoms with Crippen molar-refractivity contribution in [2.24, 2.45) is 0 Å². The van der Waals surface area contributed by atoms with Gasteiger partial charge in [-0.15, -0.1) is 0 Å². The molecule has 0 bridgehead atoms. The average molecular weight is 407 g/mol. The van der Waals surface area contributed by atoms with Crippen LogP contribution in [0.1, 0.15) is 12.5 Å². The van der Waals surface area contributed by atoms with E-state index in [0.717, 1.165) is 17.8 Å². The quantitative estimate of drug-likeness (QED) is 0.451. The van der Waals surface area contributed by atoms with Gasteiger partial charge < -0.3 is 4.74 Å². The molecular formula is C17H17N3O5S2. The number of thiazole rings is 1. The van der Waals surface area contributed by atoms with Gasteiger partial charge in [0, 0.05) is 12.1 Å². The minimum absolute atomic E-state index is 0.00281. The number of fused-ring (bicyclic) bond motifs is 1. The highest BCUT2D eigenvalue weighted by atomic mass is 32.2. The first-order valence-corrected chi connectivity index (χ1v) is 10.6. The molecule has 0 aliphatic carbocycles. The van der Waals surface area contributed by atoms with Crippen molar-refractivity contribution >= 4 is 42.4 Å². The molecule has 0 unspecified atom stereocenters. The van der Waals surface area contributed by atoms with E-state index >= 15 is 0 Å². The summed E-state index contributed by atoms with van der Waals surface area (Å²) in [5.41, 5.74) is 1.60. The lowest BCUT2D eigenvalue weighted by Gasteiger charge is -2.08. The number of ether oxygens (including phenoxy) is 1. The Labute approximate surface area is 160 Å². The number of sulfonamides is 1. The van der Waals surface area contributed by atoms with Crippen LogP contribution in [0.15, 0.2) is 42.5 Å². The molecule has 2 aromatic carbocycles. The third-order valence-electron chi connectivity index (χ3n) is 3.78. The first kappa shape index (κ1) is 19.1. The van der Waals surface area contributed by atoms with Crippen molar-refractivity contribution in [3.8, 4) is 5.75 Å². The normalized spacial score (nSPS) is 11.4. The van der Waals surface area contributed by atoms with E-state index in [1.807, 2.05) is 19.1 Å². The maximum Gasteiger partial charge on any atom is 0.270 e. The van der Waals surface area contributed by atoms with Crippen LogP contribution in [0.5, 0.6) is 5.75 Å². The van der Waals surface area contributed by atoms with Crippen LogP contribution in [-0.2, 0) is 16.4 Å². The molecule has 0 radical (unpaired) electrons. The van der Waals surface area contributed by atoms with Crippen molar-refractivity contribution in [2.45, 2.75) is 13.3 Å². The van der Waals surface area contributed by atoms with Crippen molar-refractivity contribution < 1.29 is 18.1 Å². The maximum atomic E-state index is 12.2. The van der Waals surface area contributed by atoms with Gasteiger partial charge in [0.05, 0.1) is 15.1 Å². The van der Waals surface area contributed by atoms with Gasteiger partial charge in [-0.25, -0.2) is 13.4 Å². The van der Waals surface area contributed by atoms with Gasteiger partial charge >= 0.3 is 0 Å². The van der Waals surface area contributed by atoms with Crippen LogP contribution >= 0.6 is 11.3 Å². The molecule has 0 aliphatic heterocycles. The Morgan fingerprint density at radius 2 is 1.96 bits per heavy atom. The molecule has 142 valence electrons. The Balaban J connectivity index is 1.61. The van der Waals surface area contributed by atoms with Crippen molar-refractivity contribution in [3.63, 3.8) is 0 Å². The molecule has 0 saturated heterocycles. The third kappa shape index (κ3) is 4.92. The lowest BCUT2D eigenvalue weighted by Crippen LogP contribution is -2.21. The standard InChI is InChI=1S/C17H17N3O5S2/c1-2-12-3-6-14(7-4-12)25-9-10-27(23,24)19-17-18-15-8-5-13(20(21)22)11-16(15)26-17/h3-8,11H,2,9-10H2,1H3,(H,18,19). The molecule has 0 saturated carbocycles. The van der Waals surface area contributed by atoms with Crippen molar-refractivity contribution in [1.82, 2.24) is 4.98 Å². The summed E-state index contributed by atoms with van der Waals surface area (Å²) in [5.74, 6) is 0.369. The van der Waals surface area contributed by atoms with Crippen LogP contribution < -0.4 is 9.46 Å². The summed E-state index contributed by atoms with van der Waals surface area (Å²) in [6.07, 6.45) is 0.921. The van der Waals surface area contributed by atoms with E-state index in [-0.39, 0.29) is 23.2 Å². The van der Waals surface area contributed by atoms with Gasteiger partial charge in [0.2, 0.25) is 10.0 Å². The van der Waals surface area contributed by atoms with Crippen LogP contribution in [0.4, 0.5) is 10.8 Å². The van der Waals surface area contributed by atoms with Gasteiger partial charge in [-0.1, -0.05) is 30.4 Å². The number of nitro benzene ring substituents is 1. The van der Waals surface area contributed by atoms with Crippen LogP contribution in [-0.4, -0.2) is 30.7 Å². The van der Waals surface area contributed by atoms with Gasteiger partial charge in [-0.05, 0) is 30.2 Å². The van der Waals surface area contributed by atoms with Gasteiger partial charge in [-0.2, -0.15) is 0 Å². The summed E-state index contributed by atoms with van der Waals surface area (Å²) in [5, 5.41) is 11.0. The Hall–Kier alpha value is -2.72. The third-order valence-corrected chi connectivity index (χ3v) is 6.05. The molecule has 0 fully saturated rings. The monoisotopic (exact) mass is 407 g/mol. The highest BCUT2D eigenvalue weighted by Gasteiger charge is 2.15. The summed E-state index contributed by atoms with van der Waals surface area (Å²) in [4.78, 5) is 14.5. The van der Waals surface area contributed by atoms with Gasteiger partial charge in [-0.3, -0.25) is 14.8 Å². The number of hydrogen-bond acceptors (Lipinski definition) is 7. The molecule has 27 heavy (non-hydrogen) atoms. The van der Waals surface area contributed by atoms with E-state index in [0.29, 0.717) is 16.0 Å². The van der Waals surface area contributed by atoms with E-state index in [1.54, 1.807) is 12.1 Å². The number of hydrogen-bond donors (Lipinski definition) is 1. The Morgan fingerprint density at radius 3 is 2.63 bits per heavy atom. The molecule has 10 heteroatoms. The molecule has 1 N–H and O–H groups in total. The zero-order valence-corrected chi connectivity index (χ0v) is 16.0. The smallest absolute Gasteiger partial charge is 0.270 e. The summed E-state index contributed by atoms with van der Waals surface area (Å²) < 4.78 is 32.8. The number of nitrogens with one attached hydrogen (secondary N) is 1. The molecule has 1 heterocycles. The van der Waals surface area contributed by atoms with E-state index < -0.39 is 14.9 Å². The first-order valence-electron chi connectivity index (χ1n) is 8.13. The summed E-state index contributed by atoms with van der Waals surface area (Å²) in [7, 11) is -3.65. The van der Waals surface area contributed by atoms with E-state index in [9.17, 15) is 18.5 Å². The fraction of sp³-hybridized carbons (Fsp3) is 0.235. The molecule has 0 aliphatic rings. The number of rotatable bonds is 8. The van der Waals surface area contributed by atoms with Crippen LogP contribution in [0, 0.1) is 10.1 Å². The molecule has 3 rings (SSSR count). The number of nitrogens with zero attached hydrogens (tertiary/aromatic N) is 2. The fourth-order valence-corrected chi connectivity index (χ4v) is 4.36.